The molecule has 1 aromatic carbocycles. The molecule has 1 fully saturated rings. The van der Waals surface area contributed by atoms with Crippen LogP contribution in [0, 0.1) is 0 Å². The molecule has 0 aliphatic carbocycles. The molecule has 2 heterocycles. The van der Waals surface area contributed by atoms with Gasteiger partial charge in [0, 0.05) is 18.0 Å². The molecular weight excluding hydrogens is 220 g/mol. The number of aliphatic hydroxyl groups excluding tert-OH is 2. The van der Waals surface area contributed by atoms with E-state index in [1.807, 2.05) is 30.5 Å². The van der Waals surface area contributed by atoms with Crippen LogP contribution in [0.1, 0.15) is 12.6 Å². The molecule has 1 saturated heterocycles. The van der Waals surface area contributed by atoms with Crippen molar-refractivity contribution in [2.45, 2.75) is 24.9 Å². The van der Waals surface area contributed by atoms with Crippen LogP contribution in [0.15, 0.2) is 30.5 Å². The first-order valence-electron chi connectivity index (χ1n) is 5.66. The van der Waals surface area contributed by atoms with Crippen LogP contribution in [-0.2, 0) is 4.74 Å². The third kappa shape index (κ3) is 1.82. The largest absolute Gasteiger partial charge is 0.394 e. The quantitative estimate of drug-likeness (QED) is 0.801. The Labute approximate surface area is 98.2 Å². The fourth-order valence-corrected chi connectivity index (χ4v) is 2.17. The Balaban J connectivity index is 1.89. The summed E-state index contributed by atoms with van der Waals surface area (Å²) in [7, 11) is 0. The first-order chi connectivity index (χ1) is 8.28. The molecule has 2 aromatic rings. The first kappa shape index (κ1) is 10.7. The van der Waals surface area contributed by atoms with Crippen molar-refractivity contribution in [1.82, 2.24) is 9.78 Å². The Hall–Kier alpha value is -1.43. The van der Waals surface area contributed by atoms with E-state index in [1.54, 1.807) is 4.68 Å². The second-order valence-electron chi connectivity index (χ2n) is 4.28. The van der Waals surface area contributed by atoms with E-state index in [9.17, 15) is 5.11 Å². The Morgan fingerprint density at radius 3 is 2.94 bits per heavy atom. The van der Waals surface area contributed by atoms with Crippen molar-refractivity contribution in [2.24, 2.45) is 0 Å². The standard InChI is InChI=1S/C12H14N2O3/c15-7-11-10(16)5-12(17-11)14-6-8-3-1-2-4-9(8)13-14/h1-4,6,10-12,15-16H,5,7H2/t10-,11+,12+/m0/s1. The minimum atomic E-state index is -0.627. The summed E-state index contributed by atoms with van der Waals surface area (Å²) in [6.45, 7) is -0.168. The fraction of sp³-hybridized carbons (Fsp3) is 0.417. The topological polar surface area (TPSA) is 67.5 Å². The second kappa shape index (κ2) is 4.10. The van der Waals surface area contributed by atoms with Crippen LogP contribution in [0.3, 0.4) is 0 Å². The highest BCUT2D eigenvalue weighted by Gasteiger charge is 2.34. The number of benzene rings is 1. The maximum atomic E-state index is 9.67. The molecule has 2 N–H and O–H groups in total. The SMILES string of the molecule is OC[C@H]1O[C@@H](n2cc3ccccc3n2)C[C@@H]1O. The molecule has 5 heteroatoms. The fourth-order valence-electron chi connectivity index (χ4n) is 2.17. The van der Waals surface area contributed by atoms with Gasteiger partial charge >= 0.3 is 0 Å². The number of rotatable bonds is 2. The monoisotopic (exact) mass is 234 g/mol. The van der Waals surface area contributed by atoms with Crippen molar-refractivity contribution in [3.05, 3.63) is 30.5 Å². The Kier molecular flexibility index (Phi) is 2.58. The molecule has 0 bridgehead atoms. The number of hydrogen-bond acceptors (Lipinski definition) is 4. The summed E-state index contributed by atoms with van der Waals surface area (Å²) in [6, 6.07) is 7.80. The van der Waals surface area contributed by atoms with Crippen LogP contribution in [-0.4, -0.2) is 38.8 Å². The molecule has 0 radical (unpaired) electrons. The zero-order chi connectivity index (χ0) is 11.8. The lowest BCUT2D eigenvalue weighted by Gasteiger charge is -2.11. The smallest absolute Gasteiger partial charge is 0.153 e. The van der Waals surface area contributed by atoms with Crippen molar-refractivity contribution in [1.29, 1.82) is 0 Å². The third-order valence-electron chi connectivity index (χ3n) is 3.11. The lowest BCUT2D eigenvalue weighted by atomic mass is 10.2. The van der Waals surface area contributed by atoms with E-state index >= 15 is 0 Å². The molecule has 5 nitrogen and oxygen atoms in total. The van der Waals surface area contributed by atoms with Gasteiger partial charge in [-0.1, -0.05) is 18.2 Å². The van der Waals surface area contributed by atoms with E-state index in [0.29, 0.717) is 6.42 Å². The van der Waals surface area contributed by atoms with Gasteiger partial charge in [-0.3, -0.25) is 0 Å². The normalized spacial score (nSPS) is 28.9. The van der Waals surface area contributed by atoms with Crippen LogP contribution in [0.5, 0.6) is 0 Å². The van der Waals surface area contributed by atoms with Crippen LogP contribution in [0.4, 0.5) is 0 Å². The van der Waals surface area contributed by atoms with Gasteiger partial charge in [-0.2, -0.15) is 5.10 Å². The number of aromatic nitrogens is 2. The van der Waals surface area contributed by atoms with Crippen molar-refractivity contribution >= 4 is 10.9 Å². The van der Waals surface area contributed by atoms with Crippen molar-refractivity contribution in [3.8, 4) is 0 Å². The van der Waals surface area contributed by atoms with Gasteiger partial charge in [-0.05, 0) is 6.07 Å². The second-order valence-corrected chi connectivity index (χ2v) is 4.28. The first-order valence-corrected chi connectivity index (χ1v) is 5.66. The molecule has 17 heavy (non-hydrogen) atoms. The number of nitrogens with zero attached hydrogens (tertiary/aromatic N) is 2. The summed E-state index contributed by atoms with van der Waals surface area (Å²) in [5, 5.41) is 24.1. The Bertz CT molecular complexity index is 492. The van der Waals surface area contributed by atoms with Crippen LogP contribution < -0.4 is 0 Å². The molecule has 1 aromatic heterocycles. The van der Waals surface area contributed by atoms with E-state index in [-0.39, 0.29) is 12.8 Å². The van der Waals surface area contributed by atoms with Gasteiger partial charge in [0.1, 0.15) is 6.10 Å². The van der Waals surface area contributed by atoms with Crippen LogP contribution in [0.2, 0.25) is 0 Å². The average molecular weight is 234 g/mol. The molecule has 1 aliphatic rings. The molecule has 0 amide bonds. The van der Waals surface area contributed by atoms with Gasteiger partial charge < -0.3 is 14.9 Å². The summed E-state index contributed by atoms with van der Waals surface area (Å²) >= 11 is 0. The number of fused-ring (bicyclic) bond motifs is 1. The zero-order valence-electron chi connectivity index (χ0n) is 9.23. The van der Waals surface area contributed by atoms with E-state index in [1.165, 1.54) is 0 Å². The van der Waals surface area contributed by atoms with E-state index in [2.05, 4.69) is 5.10 Å². The molecule has 3 atom stereocenters. The Morgan fingerprint density at radius 2 is 2.24 bits per heavy atom. The zero-order valence-corrected chi connectivity index (χ0v) is 9.23. The maximum absolute atomic E-state index is 9.67. The summed E-state index contributed by atoms with van der Waals surface area (Å²) in [5.74, 6) is 0. The number of hydrogen-bond donors (Lipinski definition) is 2. The minimum Gasteiger partial charge on any atom is -0.394 e. The summed E-state index contributed by atoms with van der Waals surface area (Å²) in [6.07, 6.45) is 0.922. The van der Waals surface area contributed by atoms with E-state index in [0.717, 1.165) is 10.9 Å². The molecular formula is C12H14N2O3. The predicted molar refractivity (Wildman–Crippen MR) is 61.4 cm³/mol. The predicted octanol–water partition coefficient (Wildman–Crippen LogP) is 0.677. The van der Waals surface area contributed by atoms with Gasteiger partial charge in [0.25, 0.3) is 0 Å². The van der Waals surface area contributed by atoms with Gasteiger partial charge in [0.05, 0.1) is 18.2 Å². The molecule has 1 aliphatic heterocycles. The molecule has 3 rings (SSSR count). The molecule has 0 unspecified atom stereocenters. The Morgan fingerprint density at radius 1 is 1.41 bits per heavy atom. The van der Waals surface area contributed by atoms with E-state index in [4.69, 9.17) is 9.84 Å². The molecule has 0 saturated carbocycles. The lowest BCUT2D eigenvalue weighted by Crippen LogP contribution is -2.24. The van der Waals surface area contributed by atoms with Crippen molar-refractivity contribution in [2.75, 3.05) is 6.61 Å². The van der Waals surface area contributed by atoms with Crippen molar-refractivity contribution in [3.63, 3.8) is 0 Å². The molecule has 0 spiro atoms. The highest BCUT2D eigenvalue weighted by atomic mass is 16.5. The van der Waals surface area contributed by atoms with Gasteiger partial charge in [0.2, 0.25) is 0 Å². The van der Waals surface area contributed by atoms with Crippen LogP contribution >= 0.6 is 0 Å². The summed E-state index contributed by atoms with van der Waals surface area (Å²) in [4.78, 5) is 0. The number of ether oxygens (including phenoxy) is 1. The molecule has 90 valence electrons. The van der Waals surface area contributed by atoms with Gasteiger partial charge in [0.15, 0.2) is 6.23 Å². The lowest BCUT2D eigenvalue weighted by molar-refractivity contribution is -0.0481. The van der Waals surface area contributed by atoms with Gasteiger partial charge in [-0.15, -0.1) is 0 Å². The van der Waals surface area contributed by atoms with Crippen LogP contribution in [0.25, 0.3) is 10.9 Å². The van der Waals surface area contributed by atoms with Gasteiger partial charge in [-0.25, -0.2) is 4.68 Å². The minimum absolute atomic E-state index is 0.168. The summed E-state index contributed by atoms with van der Waals surface area (Å²) < 4.78 is 7.25. The highest BCUT2D eigenvalue weighted by Crippen LogP contribution is 2.29. The number of aliphatic hydroxyl groups is 2. The average Bonchev–Trinajstić information content (AvgIpc) is 2.91. The third-order valence-corrected chi connectivity index (χ3v) is 3.11. The van der Waals surface area contributed by atoms with E-state index < -0.39 is 12.2 Å². The maximum Gasteiger partial charge on any atom is 0.153 e. The summed E-state index contributed by atoms with van der Waals surface area (Å²) in [5.41, 5.74) is 0.901. The van der Waals surface area contributed by atoms with Crippen molar-refractivity contribution < 1.29 is 14.9 Å². The highest BCUT2D eigenvalue weighted by molar-refractivity contribution is 5.77.